The fourth-order valence-electron chi connectivity index (χ4n) is 4.28. The number of amides is 1. The monoisotopic (exact) mass is 251 g/mol. The van der Waals surface area contributed by atoms with Gasteiger partial charge in [-0.1, -0.05) is 19.3 Å². The van der Waals surface area contributed by atoms with E-state index >= 15 is 0 Å². The minimum absolute atomic E-state index is 0.123. The summed E-state index contributed by atoms with van der Waals surface area (Å²) in [6, 6.07) is 0.865. The topological polar surface area (TPSA) is 58.4 Å². The lowest BCUT2D eigenvalue weighted by Gasteiger charge is -2.38. The van der Waals surface area contributed by atoms with Crippen molar-refractivity contribution in [3.8, 4) is 0 Å². The number of carbonyl (C=O) groups is 1. The normalized spacial score (nSPS) is 37.9. The quantitative estimate of drug-likeness (QED) is 0.787. The van der Waals surface area contributed by atoms with E-state index in [1.165, 1.54) is 38.5 Å². The minimum Gasteiger partial charge on any atom is -0.368 e. The van der Waals surface area contributed by atoms with E-state index in [-0.39, 0.29) is 5.91 Å². The maximum absolute atomic E-state index is 12.1. The summed E-state index contributed by atoms with van der Waals surface area (Å²) in [6.45, 7) is 2.18. The molecule has 3 aliphatic rings. The number of rotatable bonds is 3. The van der Waals surface area contributed by atoms with E-state index in [0.29, 0.717) is 12.1 Å². The fraction of sp³-hybridized carbons (Fsp3) is 0.929. The molecule has 2 unspecified atom stereocenters. The van der Waals surface area contributed by atoms with Crippen LogP contribution >= 0.6 is 0 Å². The van der Waals surface area contributed by atoms with Crippen LogP contribution in [-0.2, 0) is 4.79 Å². The standard InChI is InChI=1S/C14H25N3O/c15-13(18)14(16-11-5-2-1-3-6-11)8-10-17-9-4-7-12(14)17/h11-12,16H,1-10H2,(H2,15,18). The number of carbonyl (C=O) groups excluding carboxylic acids is 1. The Morgan fingerprint density at radius 2 is 1.89 bits per heavy atom. The smallest absolute Gasteiger partial charge is 0.239 e. The molecule has 2 saturated heterocycles. The van der Waals surface area contributed by atoms with E-state index in [2.05, 4.69) is 10.2 Å². The molecular formula is C14H25N3O. The zero-order valence-corrected chi connectivity index (χ0v) is 11.2. The van der Waals surface area contributed by atoms with E-state index in [1.807, 2.05) is 0 Å². The Balaban J connectivity index is 1.76. The van der Waals surface area contributed by atoms with Gasteiger partial charge in [-0.3, -0.25) is 15.0 Å². The molecule has 0 aromatic rings. The highest BCUT2D eigenvalue weighted by molar-refractivity contribution is 5.86. The summed E-state index contributed by atoms with van der Waals surface area (Å²) in [6.07, 6.45) is 9.60. The molecule has 0 aromatic carbocycles. The summed E-state index contributed by atoms with van der Waals surface area (Å²) in [7, 11) is 0. The molecule has 1 amide bonds. The second-order valence-electron chi connectivity index (χ2n) is 6.26. The van der Waals surface area contributed by atoms with Gasteiger partial charge in [-0.25, -0.2) is 0 Å². The van der Waals surface area contributed by atoms with Crippen molar-refractivity contribution < 1.29 is 4.79 Å². The van der Waals surface area contributed by atoms with Crippen molar-refractivity contribution in [2.45, 2.75) is 69.0 Å². The second kappa shape index (κ2) is 4.82. The van der Waals surface area contributed by atoms with Crippen molar-refractivity contribution in [2.24, 2.45) is 5.73 Å². The molecule has 0 radical (unpaired) electrons. The van der Waals surface area contributed by atoms with Crippen LogP contribution in [0, 0.1) is 0 Å². The van der Waals surface area contributed by atoms with Crippen molar-refractivity contribution in [3.63, 3.8) is 0 Å². The van der Waals surface area contributed by atoms with Crippen LogP contribution in [-0.4, -0.2) is 41.5 Å². The number of fused-ring (bicyclic) bond motifs is 1. The first kappa shape index (κ1) is 12.4. The third-order valence-corrected chi connectivity index (χ3v) is 5.23. The molecule has 0 aromatic heterocycles. The highest BCUT2D eigenvalue weighted by atomic mass is 16.1. The summed E-state index contributed by atoms with van der Waals surface area (Å²) in [5.41, 5.74) is 5.35. The van der Waals surface area contributed by atoms with Gasteiger partial charge in [0.15, 0.2) is 0 Å². The SMILES string of the molecule is NC(=O)C1(NC2CCCCC2)CCN2CCCC21. The Bertz CT molecular complexity index is 327. The largest absolute Gasteiger partial charge is 0.368 e. The molecule has 1 aliphatic carbocycles. The van der Waals surface area contributed by atoms with Gasteiger partial charge >= 0.3 is 0 Å². The van der Waals surface area contributed by atoms with Crippen molar-refractivity contribution in [2.75, 3.05) is 13.1 Å². The van der Waals surface area contributed by atoms with Gasteiger partial charge < -0.3 is 5.73 Å². The van der Waals surface area contributed by atoms with Crippen LogP contribution < -0.4 is 11.1 Å². The summed E-state index contributed by atoms with van der Waals surface area (Å²) in [5.74, 6) is -0.123. The predicted molar refractivity (Wildman–Crippen MR) is 71.1 cm³/mol. The average molecular weight is 251 g/mol. The lowest BCUT2D eigenvalue weighted by Crippen LogP contribution is -2.64. The number of nitrogens with zero attached hydrogens (tertiary/aromatic N) is 1. The molecule has 102 valence electrons. The second-order valence-corrected chi connectivity index (χ2v) is 6.26. The number of hydrogen-bond donors (Lipinski definition) is 2. The third kappa shape index (κ3) is 1.95. The first-order chi connectivity index (χ1) is 8.72. The molecule has 3 N–H and O–H groups in total. The minimum atomic E-state index is -0.432. The highest BCUT2D eigenvalue weighted by Gasteiger charge is 2.53. The van der Waals surface area contributed by atoms with Crippen LogP contribution in [0.5, 0.6) is 0 Å². The Labute approximate surface area is 109 Å². The van der Waals surface area contributed by atoms with Crippen LogP contribution in [0.1, 0.15) is 51.4 Å². The molecule has 2 heterocycles. The molecule has 2 atom stereocenters. The van der Waals surface area contributed by atoms with Gasteiger partial charge in [0, 0.05) is 18.6 Å². The van der Waals surface area contributed by atoms with Crippen molar-refractivity contribution in [1.29, 1.82) is 0 Å². The lowest BCUT2D eigenvalue weighted by molar-refractivity contribution is -0.125. The van der Waals surface area contributed by atoms with Crippen LogP contribution in [0.4, 0.5) is 0 Å². The van der Waals surface area contributed by atoms with Crippen LogP contribution in [0.2, 0.25) is 0 Å². The number of primary amides is 1. The number of nitrogens with one attached hydrogen (secondary N) is 1. The van der Waals surface area contributed by atoms with E-state index in [4.69, 9.17) is 5.73 Å². The van der Waals surface area contributed by atoms with E-state index < -0.39 is 5.54 Å². The zero-order chi connectivity index (χ0) is 12.6. The maximum Gasteiger partial charge on any atom is 0.239 e. The van der Waals surface area contributed by atoms with Crippen molar-refractivity contribution in [3.05, 3.63) is 0 Å². The Kier molecular flexibility index (Phi) is 3.32. The van der Waals surface area contributed by atoms with Crippen LogP contribution in [0.15, 0.2) is 0 Å². The molecule has 0 bridgehead atoms. The molecule has 3 rings (SSSR count). The highest BCUT2D eigenvalue weighted by Crippen LogP contribution is 2.37. The summed E-state index contributed by atoms with van der Waals surface area (Å²) >= 11 is 0. The number of nitrogens with two attached hydrogens (primary N) is 1. The first-order valence-electron chi connectivity index (χ1n) is 7.54. The van der Waals surface area contributed by atoms with Gasteiger partial charge in [-0.15, -0.1) is 0 Å². The van der Waals surface area contributed by atoms with E-state index in [9.17, 15) is 4.79 Å². The summed E-state index contributed by atoms with van der Waals surface area (Å²) in [4.78, 5) is 14.5. The van der Waals surface area contributed by atoms with E-state index in [0.717, 1.165) is 25.9 Å². The van der Waals surface area contributed by atoms with Gasteiger partial charge in [0.05, 0.1) is 0 Å². The fourth-order valence-corrected chi connectivity index (χ4v) is 4.28. The summed E-state index contributed by atoms with van der Waals surface area (Å²) < 4.78 is 0. The Morgan fingerprint density at radius 1 is 1.11 bits per heavy atom. The average Bonchev–Trinajstić information content (AvgIpc) is 2.94. The number of hydrogen-bond acceptors (Lipinski definition) is 3. The third-order valence-electron chi connectivity index (χ3n) is 5.23. The van der Waals surface area contributed by atoms with Crippen molar-refractivity contribution in [1.82, 2.24) is 10.2 Å². The lowest BCUT2D eigenvalue weighted by atomic mass is 9.84. The molecule has 2 aliphatic heterocycles. The van der Waals surface area contributed by atoms with Gasteiger partial charge in [0.2, 0.25) is 5.91 Å². The van der Waals surface area contributed by atoms with Gasteiger partial charge in [0.1, 0.15) is 5.54 Å². The first-order valence-corrected chi connectivity index (χ1v) is 7.54. The molecule has 0 spiro atoms. The van der Waals surface area contributed by atoms with Crippen LogP contribution in [0.25, 0.3) is 0 Å². The Hall–Kier alpha value is -0.610. The Morgan fingerprint density at radius 3 is 2.61 bits per heavy atom. The molecule has 4 nitrogen and oxygen atoms in total. The van der Waals surface area contributed by atoms with Gasteiger partial charge in [-0.2, -0.15) is 0 Å². The van der Waals surface area contributed by atoms with Crippen molar-refractivity contribution >= 4 is 5.91 Å². The molecule has 4 heteroatoms. The summed E-state index contributed by atoms with van der Waals surface area (Å²) in [5, 5.41) is 3.69. The van der Waals surface area contributed by atoms with E-state index in [1.54, 1.807) is 0 Å². The van der Waals surface area contributed by atoms with Crippen LogP contribution in [0.3, 0.4) is 0 Å². The maximum atomic E-state index is 12.1. The zero-order valence-electron chi connectivity index (χ0n) is 11.2. The predicted octanol–water partition coefficient (Wildman–Crippen LogP) is 1.00. The molecule has 1 saturated carbocycles. The molecule has 3 fully saturated rings. The molecular weight excluding hydrogens is 226 g/mol. The van der Waals surface area contributed by atoms with Gasteiger partial charge in [0.25, 0.3) is 0 Å². The molecule has 18 heavy (non-hydrogen) atoms. The van der Waals surface area contributed by atoms with Gasteiger partial charge in [-0.05, 0) is 38.6 Å².